The molecule has 0 aliphatic rings. The molecular formula is C18H35NO4. The molecule has 0 rings (SSSR count). The van der Waals surface area contributed by atoms with Gasteiger partial charge in [-0.15, -0.1) is 0 Å². The summed E-state index contributed by atoms with van der Waals surface area (Å²) in [4.78, 5) is 22.9. The third-order valence-corrected chi connectivity index (χ3v) is 3.55. The summed E-state index contributed by atoms with van der Waals surface area (Å²) in [7, 11) is 0. The minimum atomic E-state index is -0.148. The number of carbonyl (C=O) groups excluding carboxylic acids is 2. The third-order valence-electron chi connectivity index (χ3n) is 3.55. The number of nitrogens with one attached hydrogen (secondary N) is 1. The predicted octanol–water partition coefficient (Wildman–Crippen LogP) is 3.60. The van der Waals surface area contributed by atoms with Gasteiger partial charge in [-0.25, -0.2) is 0 Å². The van der Waals surface area contributed by atoms with E-state index in [2.05, 4.69) is 19.2 Å². The first-order chi connectivity index (χ1) is 11.2. The van der Waals surface area contributed by atoms with Gasteiger partial charge in [-0.2, -0.15) is 0 Å². The molecule has 1 N–H and O–H groups in total. The Labute approximate surface area is 141 Å². The maximum Gasteiger partial charge on any atom is 0.305 e. The highest BCUT2D eigenvalue weighted by Gasteiger charge is 2.03. The Morgan fingerprint density at radius 2 is 1.43 bits per heavy atom. The molecular weight excluding hydrogens is 294 g/mol. The van der Waals surface area contributed by atoms with Crippen LogP contribution in [0, 0.1) is 0 Å². The molecule has 0 saturated carbocycles. The summed E-state index contributed by atoms with van der Waals surface area (Å²) in [6.07, 6.45) is 9.84. The minimum absolute atomic E-state index is 0.0863. The molecule has 5 heteroatoms. The van der Waals surface area contributed by atoms with Crippen LogP contribution in [0.15, 0.2) is 0 Å². The second-order valence-corrected chi connectivity index (χ2v) is 5.80. The van der Waals surface area contributed by atoms with Gasteiger partial charge >= 0.3 is 5.97 Å². The number of carbonyl (C=O) groups is 2. The largest absolute Gasteiger partial charge is 0.463 e. The van der Waals surface area contributed by atoms with Gasteiger partial charge in [0.1, 0.15) is 6.61 Å². The van der Waals surface area contributed by atoms with E-state index in [0.717, 1.165) is 32.1 Å². The molecule has 5 nitrogen and oxygen atoms in total. The van der Waals surface area contributed by atoms with Crippen LogP contribution >= 0.6 is 0 Å². The van der Waals surface area contributed by atoms with Gasteiger partial charge in [0.15, 0.2) is 0 Å². The first-order valence-corrected chi connectivity index (χ1v) is 9.20. The molecule has 136 valence electrons. The SMILES string of the molecule is CCCCCCC(=O)NCCOCCOC(=O)CCCCCC. The average molecular weight is 329 g/mol. The lowest BCUT2D eigenvalue weighted by atomic mass is 10.1. The van der Waals surface area contributed by atoms with E-state index in [-0.39, 0.29) is 18.5 Å². The van der Waals surface area contributed by atoms with Crippen LogP contribution in [0.4, 0.5) is 0 Å². The predicted molar refractivity (Wildman–Crippen MR) is 92.3 cm³/mol. The van der Waals surface area contributed by atoms with Crippen molar-refractivity contribution in [3.05, 3.63) is 0 Å². The highest BCUT2D eigenvalue weighted by Crippen LogP contribution is 2.03. The molecule has 0 radical (unpaired) electrons. The highest BCUT2D eigenvalue weighted by atomic mass is 16.6. The second kappa shape index (κ2) is 17.3. The highest BCUT2D eigenvalue weighted by molar-refractivity contribution is 5.75. The minimum Gasteiger partial charge on any atom is -0.463 e. The van der Waals surface area contributed by atoms with Crippen molar-refractivity contribution in [3.63, 3.8) is 0 Å². The summed E-state index contributed by atoms with van der Waals surface area (Å²) in [5, 5.41) is 2.83. The zero-order valence-electron chi connectivity index (χ0n) is 15.0. The van der Waals surface area contributed by atoms with E-state index in [4.69, 9.17) is 9.47 Å². The van der Waals surface area contributed by atoms with Gasteiger partial charge in [0.05, 0.1) is 13.2 Å². The Balaban J connectivity index is 3.26. The Morgan fingerprint density at radius 1 is 0.783 bits per heavy atom. The van der Waals surface area contributed by atoms with Crippen molar-refractivity contribution in [1.82, 2.24) is 5.32 Å². The molecule has 0 heterocycles. The molecule has 0 unspecified atom stereocenters. The molecule has 0 aromatic rings. The van der Waals surface area contributed by atoms with E-state index >= 15 is 0 Å². The van der Waals surface area contributed by atoms with Gasteiger partial charge in [0.2, 0.25) is 5.91 Å². The van der Waals surface area contributed by atoms with Gasteiger partial charge < -0.3 is 14.8 Å². The normalized spacial score (nSPS) is 10.5. The van der Waals surface area contributed by atoms with E-state index in [9.17, 15) is 9.59 Å². The Kier molecular flexibility index (Phi) is 16.4. The Hall–Kier alpha value is -1.10. The van der Waals surface area contributed by atoms with Crippen LogP contribution in [0.25, 0.3) is 0 Å². The molecule has 0 aromatic carbocycles. The fourth-order valence-electron chi connectivity index (χ4n) is 2.15. The Bertz CT molecular complexity index is 267. The quantitative estimate of drug-likeness (QED) is 0.347. The van der Waals surface area contributed by atoms with Gasteiger partial charge in [-0.3, -0.25) is 9.59 Å². The van der Waals surface area contributed by atoms with Gasteiger partial charge in [0.25, 0.3) is 0 Å². The van der Waals surface area contributed by atoms with Gasteiger partial charge in [0, 0.05) is 19.4 Å². The fourth-order valence-corrected chi connectivity index (χ4v) is 2.15. The smallest absolute Gasteiger partial charge is 0.305 e. The van der Waals surface area contributed by atoms with Crippen molar-refractivity contribution < 1.29 is 19.1 Å². The Morgan fingerprint density at radius 3 is 2.09 bits per heavy atom. The summed E-state index contributed by atoms with van der Waals surface area (Å²) in [6, 6.07) is 0. The number of esters is 1. The van der Waals surface area contributed by atoms with Crippen molar-refractivity contribution in [2.75, 3.05) is 26.4 Å². The number of hydrogen-bond acceptors (Lipinski definition) is 4. The lowest BCUT2D eigenvalue weighted by molar-refractivity contribution is -0.145. The van der Waals surface area contributed by atoms with Crippen LogP contribution < -0.4 is 5.32 Å². The first-order valence-electron chi connectivity index (χ1n) is 9.20. The molecule has 0 aliphatic heterocycles. The third kappa shape index (κ3) is 17.1. The molecule has 0 fully saturated rings. The summed E-state index contributed by atoms with van der Waals surface area (Å²) >= 11 is 0. The van der Waals surface area contributed by atoms with E-state index in [1.54, 1.807) is 0 Å². The number of unbranched alkanes of at least 4 members (excludes halogenated alkanes) is 6. The van der Waals surface area contributed by atoms with Crippen molar-refractivity contribution in [2.24, 2.45) is 0 Å². The van der Waals surface area contributed by atoms with E-state index in [1.807, 2.05) is 0 Å². The topological polar surface area (TPSA) is 64.6 Å². The van der Waals surface area contributed by atoms with Gasteiger partial charge in [-0.05, 0) is 12.8 Å². The summed E-state index contributed by atoms with van der Waals surface area (Å²) in [6.45, 7) is 5.93. The van der Waals surface area contributed by atoms with Crippen molar-refractivity contribution >= 4 is 11.9 Å². The average Bonchev–Trinajstić information content (AvgIpc) is 2.54. The van der Waals surface area contributed by atoms with E-state index < -0.39 is 0 Å². The molecule has 23 heavy (non-hydrogen) atoms. The zero-order valence-corrected chi connectivity index (χ0v) is 15.0. The summed E-state index contributed by atoms with van der Waals surface area (Å²) < 4.78 is 10.4. The van der Waals surface area contributed by atoms with Crippen LogP contribution in [0.1, 0.15) is 78.1 Å². The number of rotatable bonds is 16. The number of amides is 1. The first kappa shape index (κ1) is 21.9. The monoisotopic (exact) mass is 329 g/mol. The molecule has 0 atom stereocenters. The second-order valence-electron chi connectivity index (χ2n) is 5.80. The lowest BCUT2D eigenvalue weighted by Gasteiger charge is -2.07. The standard InChI is InChI=1S/C18H35NO4/c1-3-5-7-9-11-17(20)19-13-14-22-15-16-23-18(21)12-10-8-6-4-2/h3-16H2,1-2H3,(H,19,20). The fraction of sp³-hybridized carbons (Fsp3) is 0.889. The van der Waals surface area contributed by atoms with E-state index in [0.29, 0.717) is 32.6 Å². The molecule has 0 aliphatic carbocycles. The molecule has 0 bridgehead atoms. The van der Waals surface area contributed by atoms with Crippen molar-refractivity contribution in [1.29, 1.82) is 0 Å². The van der Waals surface area contributed by atoms with Crippen molar-refractivity contribution in [3.8, 4) is 0 Å². The summed E-state index contributed by atoms with van der Waals surface area (Å²) in [5.41, 5.74) is 0. The van der Waals surface area contributed by atoms with E-state index in [1.165, 1.54) is 19.3 Å². The van der Waals surface area contributed by atoms with Gasteiger partial charge in [-0.1, -0.05) is 52.4 Å². The maximum absolute atomic E-state index is 11.5. The van der Waals surface area contributed by atoms with Crippen LogP contribution in [0.3, 0.4) is 0 Å². The molecule has 0 spiro atoms. The molecule has 0 saturated heterocycles. The van der Waals surface area contributed by atoms with Crippen LogP contribution in [-0.2, 0) is 19.1 Å². The number of ether oxygens (including phenoxy) is 2. The lowest BCUT2D eigenvalue weighted by Crippen LogP contribution is -2.27. The maximum atomic E-state index is 11.5. The number of hydrogen-bond donors (Lipinski definition) is 1. The van der Waals surface area contributed by atoms with Crippen LogP contribution in [-0.4, -0.2) is 38.2 Å². The molecule has 0 aromatic heterocycles. The molecule has 1 amide bonds. The van der Waals surface area contributed by atoms with Crippen LogP contribution in [0.2, 0.25) is 0 Å². The van der Waals surface area contributed by atoms with Crippen LogP contribution in [0.5, 0.6) is 0 Å². The zero-order chi connectivity index (χ0) is 17.2. The summed E-state index contributed by atoms with van der Waals surface area (Å²) in [5.74, 6) is -0.0618. The van der Waals surface area contributed by atoms with Crippen molar-refractivity contribution in [2.45, 2.75) is 78.1 Å².